The van der Waals surface area contributed by atoms with Crippen molar-refractivity contribution >= 4 is 11.9 Å². The molecule has 1 aromatic heterocycles. The molecule has 3 rings (SSSR count). The lowest BCUT2D eigenvalue weighted by Gasteiger charge is -2.43. The average molecular weight is 382 g/mol. The summed E-state index contributed by atoms with van der Waals surface area (Å²) in [5, 5.41) is 20.6. The number of amides is 1. The van der Waals surface area contributed by atoms with Gasteiger partial charge in [0.05, 0.1) is 11.7 Å². The molecule has 2 heterocycles. The van der Waals surface area contributed by atoms with Crippen molar-refractivity contribution in [3.8, 4) is 0 Å². The fourth-order valence-corrected chi connectivity index (χ4v) is 3.95. The molecule has 1 fully saturated rings. The van der Waals surface area contributed by atoms with Crippen molar-refractivity contribution in [1.29, 1.82) is 0 Å². The summed E-state index contributed by atoms with van der Waals surface area (Å²) in [7, 11) is 0. The molecule has 2 atom stereocenters. The summed E-state index contributed by atoms with van der Waals surface area (Å²) in [4.78, 5) is 30.8. The molecule has 0 saturated carbocycles. The quantitative estimate of drug-likeness (QED) is 0.802. The maximum absolute atomic E-state index is 12.9. The number of nitrogens with zero attached hydrogens (tertiary/aromatic N) is 2. The fraction of sp³-hybridized carbons (Fsp3) is 0.409. The van der Waals surface area contributed by atoms with Crippen LogP contribution in [0.25, 0.3) is 0 Å². The van der Waals surface area contributed by atoms with Gasteiger partial charge in [0.25, 0.3) is 5.91 Å². The van der Waals surface area contributed by atoms with Gasteiger partial charge in [-0.05, 0) is 50.3 Å². The molecule has 0 unspecified atom stereocenters. The highest BCUT2D eigenvalue weighted by Crippen LogP contribution is 2.36. The largest absolute Gasteiger partial charge is 0.481 e. The van der Waals surface area contributed by atoms with Crippen LogP contribution in [-0.2, 0) is 11.2 Å². The van der Waals surface area contributed by atoms with E-state index in [4.69, 9.17) is 0 Å². The molecular formula is C22H26N2O4. The van der Waals surface area contributed by atoms with Gasteiger partial charge in [-0.1, -0.05) is 30.3 Å². The van der Waals surface area contributed by atoms with Crippen LogP contribution in [0.15, 0.2) is 48.7 Å². The Hall–Kier alpha value is -2.73. The molecule has 1 aromatic carbocycles. The third-order valence-corrected chi connectivity index (χ3v) is 5.66. The second-order valence-corrected chi connectivity index (χ2v) is 7.47. The summed E-state index contributed by atoms with van der Waals surface area (Å²) in [6, 6.07) is 13.3. The van der Waals surface area contributed by atoms with E-state index >= 15 is 0 Å². The van der Waals surface area contributed by atoms with Gasteiger partial charge in [-0.2, -0.15) is 0 Å². The maximum atomic E-state index is 12.9. The van der Waals surface area contributed by atoms with E-state index < -0.39 is 17.5 Å². The second kappa shape index (κ2) is 8.52. The van der Waals surface area contributed by atoms with Gasteiger partial charge < -0.3 is 15.1 Å². The minimum Gasteiger partial charge on any atom is -0.481 e. The van der Waals surface area contributed by atoms with Crippen molar-refractivity contribution in [2.75, 3.05) is 13.1 Å². The number of pyridine rings is 1. The fourth-order valence-electron chi connectivity index (χ4n) is 3.95. The first kappa shape index (κ1) is 20.0. The lowest BCUT2D eigenvalue weighted by molar-refractivity contribution is -0.162. The van der Waals surface area contributed by atoms with E-state index in [1.165, 1.54) is 0 Å². The lowest BCUT2D eigenvalue weighted by Crippen LogP contribution is -2.57. The Morgan fingerprint density at radius 3 is 2.64 bits per heavy atom. The van der Waals surface area contributed by atoms with Crippen molar-refractivity contribution in [2.45, 2.75) is 38.7 Å². The standard InChI is InChI=1S/C22H26N2O4/c1-16-18(10-6-13-23-16)20(26)24-14-11-19(25)22(15-24,21(27)28)12-5-9-17-7-3-2-4-8-17/h2-4,6-8,10,13,19,25H,5,9,11-12,14-15H2,1H3,(H,27,28)/t19-,22-/m1/s1. The van der Waals surface area contributed by atoms with Crippen LogP contribution >= 0.6 is 0 Å². The molecule has 0 aliphatic carbocycles. The Balaban J connectivity index is 1.76. The molecule has 1 amide bonds. The predicted octanol–water partition coefficient (Wildman–Crippen LogP) is 2.69. The van der Waals surface area contributed by atoms with E-state index in [9.17, 15) is 19.8 Å². The Bertz CT molecular complexity index is 839. The van der Waals surface area contributed by atoms with Gasteiger partial charge in [-0.15, -0.1) is 0 Å². The van der Waals surface area contributed by atoms with Crippen molar-refractivity contribution in [3.63, 3.8) is 0 Å². The summed E-state index contributed by atoms with van der Waals surface area (Å²) in [6.45, 7) is 2.10. The molecule has 1 aliphatic heterocycles. The van der Waals surface area contributed by atoms with Crippen LogP contribution in [-0.4, -0.2) is 51.2 Å². The zero-order valence-corrected chi connectivity index (χ0v) is 16.0. The molecule has 0 spiro atoms. The molecule has 2 aromatic rings. The van der Waals surface area contributed by atoms with Gasteiger partial charge in [0.2, 0.25) is 0 Å². The Morgan fingerprint density at radius 1 is 1.21 bits per heavy atom. The van der Waals surface area contributed by atoms with Crippen LogP contribution in [0.2, 0.25) is 0 Å². The summed E-state index contributed by atoms with van der Waals surface area (Å²) >= 11 is 0. The molecule has 1 aliphatic rings. The van der Waals surface area contributed by atoms with E-state index in [2.05, 4.69) is 4.98 Å². The smallest absolute Gasteiger partial charge is 0.314 e. The SMILES string of the molecule is Cc1ncccc1C(=O)N1CC[C@@H](O)[C@](CCCc2ccccc2)(C(=O)O)C1. The molecule has 148 valence electrons. The number of aryl methyl sites for hydroxylation is 2. The number of carboxylic acids is 1. The highest BCUT2D eigenvalue weighted by Gasteiger charge is 2.49. The number of hydrogen-bond donors (Lipinski definition) is 2. The highest BCUT2D eigenvalue weighted by molar-refractivity contribution is 5.95. The van der Waals surface area contributed by atoms with Gasteiger partial charge >= 0.3 is 5.97 Å². The van der Waals surface area contributed by atoms with Crippen molar-refractivity contribution in [1.82, 2.24) is 9.88 Å². The number of piperidine rings is 1. The number of benzene rings is 1. The number of aliphatic hydroxyl groups is 1. The van der Waals surface area contributed by atoms with Gasteiger partial charge in [-0.3, -0.25) is 14.6 Å². The molecule has 2 N–H and O–H groups in total. The van der Waals surface area contributed by atoms with Gasteiger partial charge in [0, 0.05) is 25.0 Å². The van der Waals surface area contributed by atoms with E-state index in [1.54, 1.807) is 30.2 Å². The van der Waals surface area contributed by atoms with Crippen molar-refractivity contribution in [2.24, 2.45) is 5.41 Å². The number of carbonyl (C=O) groups excluding carboxylic acids is 1. The third-order valence-electron chi connectivity index (χ3n) is 5.66. The minimum absolute atomic E-state index is 0.00541. The average Bonchev–Trinajstić information content (AvgIpc) is 2.70. The van der Waals surface area contributed by atoms with Gasteiger partial charge in [0.15, 0.2) is 0 Å². The van der Waals surface area contributed by atoms with Crippen LogP contribution in [0.1, 0.15) is 40.9 Å². The highest BCUT2D eigenvalue weighted by atomic mass is 16.4. The Morgan fingerprint density at radius 2 is 1.96 bits per heavy atom. The topological polar surface area (TPSA) is 90.7 Å². The van der Waals surface area contributed by atoms with Crippen molar-refractivity contribution in [3.05, 3.63) is 65.5 Å². The maximum Gasteiger partial charge on any atom is 0.314 e. The van der Waals surface area contributed by atoms with Crippen LogP contribution in [0.3, 0.4) is 0 Å². The van der Waals surface area contributed by atoms with Crippen LogP contribution in [0.4, 0.5) is 0 Å². The Labute approximate surface area is 164 Å². The number of aromatic nitrogens is 1. The number of aliphatic hydroxyl groups excluding tert-OH is 1. The lowest BCUT2D eigenvalue weighted by atomic mass is 9.73. The second-order valence-electron chi connectivity index (χ2n) is 7.47. The zero-order valence-electron chi connectivity index (χ0n) is 16.0. The summed E-state index contributed by atoms with van der Waals surface area (Å²) in [5.41, 5.74) is 0.872. The molecule has 0 bridgehead atoms. The molecule has 1 saturated heterocycles. The third kappa shape index (κ3) is 4.07. The number of carboxylic acid groups (broad SMARTS) is 1. The monoisotopic (exact) mass is 382 g/mol. The van der Waals surface area contributed by atoms with Gasteiger partial charge in [-0.25, -0.2) is 0 Å². The molecular weight excluding hydrogens is 356 g/mol. The number of aliphatic carboxylic acids is 1. The van der Waals surface area contributed by atoms with E-state index in [0.717, 1.165) is 12.0 Å². The Kier molecular flexibility index (Phi) is 6.09. The van der Waals surface area contributed by atoms with Gasteiger partial charge in [0.1, 0.15) is 5.41 Å². The first-order valence-electron chi connectivity index (χ1n) is 9.60. The zero-order chi connectivity index (χ0) is 20.1. The van der Waals surface area contributed by atoms with E-state index in [1.807, 2.05) is 30.3 Å². The van der Waals surface area contributed by atoms with Crippen molar-refractivity contribution < 1.29 is 19.8 Å². The minimum atomic E-state index is -1.35. The molecule has 0 radical (unpaired) electrons. The summed E-state index contributed by atoms with van der Waals surface area (Å²) in [6.07, 6.45) is 2.58. The summed E-state index contributed by atoms with van der Waals surface area (Å²) < 4.78 is 0. The number of likely N-dealkylation sites (tertiary alicyclic amines) is 1. The van der Waals surface area contributed by atoms with E-state index in [0.29, 0.717) is 30.6 Å². The predicted molar refractivity (Wildman–Crippen MR) is 105 cm³/mol. The van der Waals surface area contributed by atoms with Crippen LogP contribution in [0.5, 0.6) is 0 Å². The number of rotatable bonds is 6. The molecule has 6 heteroatoms. The number of carbonyl (C=O) groups is 2. The normalized spacial score (nSPS) is 22.1. The first-order valence-corrected chi connectivity index (χ1v) is 9.60. The molecule has 28 heavy (non-hydrogen) atoms. The first-order chi connectivity index (χ1) is 13.4. The number of hydrogen-bond acceptors (Lipinski definition) is 4. The summed E-state index contributed by atoms with van der Waals surface area (Å²) in [5.74, 6) is -1.28. The van der Waals surface area contributed by atoms with E-state index in [-0.39, 0.29) is 18.9 Å². The van der Waals surface area contributed by atoms with Crippen LogP contribution < -0.4 is 0 Å². The molecule has 6 nitrogen and oxygen atoms in total. The van der Waals surface area contributed by atoms with Crippen LogP contribution in [0, 0.1) is 12.3 Å².